The summed E-state index contributed by atoms with van der Waals surface area (Å²) in [5.74, 6) is 0.567. The molecule has 4 aliphatic rings. The number of nitrogens with zero attached hydrogens (tertiary/aromatic N) is 1. The van der Waals surface area contributed by atoms with E-state index in [0.717, 1.165) is 79.8 Å². The van der Waals surface area contributed by atoms with Gasteiger partial charge < -0.3 is 14.2 Å². The van der Waals surface area contributed by atoms with Gasteiger partial charge >= 0.3 is 6.36 Å². The van der Waals surface area contributed by atoms with E-state index < -0.39 is 6.36 Å². The summed E-state index contributed by atoms with van der Waals surface area (Å²) in [5.41, 5.74) is 8.01. The van der Waals surface area contributed by atoms with Gasteiger partial charge in [0.15, 0.2) is 0 Å². The standard InChI is InChI=1S/C33H35F4NO3/c1-2-26-28-6-3-5-27(21-7-13-24(14-8-21)41-33(35,36)37)31(29(28)19-30-32(26)40-30)22-9-11-23(12-10-22)39-25-15-18-38(20-25)17-4-16-34/h7-14,19,25,30,32H,2-6,15-18,20H2,1H3/t25-,30+,32?/m0/s1. The quantitative estimate of drug-likeness (QED) is 0.227. The summed E-state index contributed by atoms with van der Waals surface area (Å²) in [6.07, 6.45) is 2.91. The highest BCUT2D eigenvalue weighted by Crippen LogP contribution is 2.50. The Morgan fingerprint density at radius 1 is 0.951 bits per heavy atom. The molecule has 6 rings (SSSR count). The molecule has 1 unspecified atom stereocenters. The minimum atomic E-state index is -4.73. The van der Waals surface area contributed by atoms with Gasteiger partial charge in [-0.3, -0.25) is 9.29 Å². The van der Waals surface area contributed by atoms with E-state index in [1.807, 2.05) is 12.1 Å². The van der Waals surface area contributed by atoms with Crippen LogP contribution in [0.4, 0.5) is 17.6 Å². The fourth-order valence-corrected chi connectivity index (χ4v) is 6.56. The lowest BCUT2D eigenvalue weighted by Gasteiger charge is -2.23. The average Bonchev–Trinajstić information content (AvgIpc) is 3.64. The molecule has 2 fully saturated rings. The molecule has 41 heavy (non-hydrogen) atoms. The molecule has 3 atom stereocenters. The van der Waals surface area contributed by atoms with E-state index in [1.165, 1.54) is 28.9 Å². The SMILES string of the molecule is CCC1=C2CCCC(c3ccc(OC(F)(F)F)cc3)=C(c3ccc(O[C@H]4CCN(CCCF)C4)cc3)C2=C[C@H]2OC12. The molecule has 0 N–H and O–H groups in total. The van der Waals surface area contributed by atoms with Gasteiger partial charge in [-0.05, 0) is 108 Å². The number of rotatable bonds is 9. The molecular formula is C33H35F4NO3. The number of hydrogen-bond acceptors (Lipinski definition) is 4. The maximum atomic E-state index is 12.8. The van der Waals surface area contributed by atoms with Gasteiger partial charge in [-0.2, -0.15) is 0 Å². The van der Waals surface area contributed by atoms with E-state index in [9.17, 15) is 17.6 Å². The largest absolute Gasteiger partial charge is 0.573 e. The van der Waals surface area contributed by atoms with Crippen molar-refractivity contribution in [3.05, 3.63) is 82.5 Å². The lowest BCUT2D eigenvalue weighted by Crippen LogP contribution is -2.26. The fourth-order valence-electron chi connectivity index (χ4n) is 6.56. The van der Waals surface area contributed by atoms with Gasteiger partial charge in [-0.25, -0.2) is 0 Å². The van der Waals surface area contributed by atoms with Crippen molar-refractivity contribution in [2.75, 3.05) is 26.3 Å². The van der Waals surface area contributed by atoms with Crippen LogP contribution in [0.2, 0.25) is 0 Å². The third kappa shape index (κ3) is 6.24. The summed E-state index contributed by atoms with van der Waals surface area (Å²) in [6, 6.07) is 14.4. The maximum absolute atomic E-state index is 12.8. The van der Waals surface area contributed by atoms with E-state index in [0.29, 0.717) is 6.42 Å². The van der Waals surface area contributed by atoms with Crippen LogP contribution in [0.3, 0.4) is 0 Å². The molecule has 2 saturated heterocycles. The van der Waals surface area contributed by atoms with Crippen LogP contribution in [0.25, 0.3) is 11.1 Å². The molecule has 4 nitrogen and oxygen atoms in total. The number of allylic oxidation sites excluding steroid dienone is 4. The van der Waals surface area contributed by atoms with Crippen LogP contribution < -0.4 is 9.47 Å². The zero-order valence-corrected chi connectivity index (χ0v) is 23.2. The van der Waals surface area contributed by atoms with Crippen LogP contribution in [0.15, 0.2) is 71.3 Å². The Kier molecular flexibility index (Phi) is 7.97. The van der Waals surface area contributed by atoms with Crippen molar-refractivity contribution in [3.8, 4) is 11.5 Å². The van der Waals surface area contributed by atoms with Crippen molar-refractivity contribution >= 4 is 11.1 Å². The van der Waals surface area contributed by atoms with Gasteiger partial charge in [-0.15, -0.1) is 13.2 Å². The number of alkyl halides is 4. The smallest absolute Gasteiger partial charge is 0.489 e. The fraction of sp³-hybridized carbons (Fsp3) is 0.455. The predicted octanol–water partition coefficient (Wildman–Crippen LogP) is 7.91. The summed E-state index contributed by atoms with van der Waals surface area (Å²) >= 11 is 0. The average molecular weight is 570 g/mol. The van der Waals surface area contributed by atoms with Crippen molar-refractivity contribution in [1.82, 2.24) is 4.90 Å². The molecular weight excluding hydrogens is 534 g/mol. The summed E-state index contributed by atoms with van der Waals surface area (Å²) in [7, 11) is 0. The maximum Gasteiger partial charge on any atom is 0.573 e. The zero-order chi connectivity index (χ0) is 28.6. The zero-order valence-electron chi connectivity index (χ0n) is 23.2. The molecule has 2 aliphatic carbocycles. The molecule has 0 bridgehead atoms. The number of benzene rings is 2. The van der Waals surface area contributed by atoms with E-state index in [4.69, 9.17) is 9.47 Å². The first-order valence-corrected chi connectivity index (χ1v) is 14.6. The highest BCUT2D eigenvalue weighted by atomic mass is 19.4. The Hall–Kier alpha value is -3.10. The topological polar surface area (TPSA) is 34.2 Å². The van der Waals surface area contributed by atoms with Gasteiger partial charge in [0.2, 0.25) is 0 Å². The van der Waals surface area contributed by atoms with Gasteiger partial charge in [0.05, 0.1) is 6.67 Å². The van der Waals surface area contributed by atoms with Crippen molar-refractivity contribution in [2.45, 2.75) is 70.1 Å². The van der Waals surface area contributed by atoms with Crippen molar-refractivity contribution in [1.29, 1.82) is 0 Å². The molecule has 0 saturated carbocycles. The molecule has 8 heteroatoms. The molecule has 2 aliphatic heterocycles. The Labute approximate surface area is 238 Å². The lowest BCUT2D eigenvalue weighted by molar-refractivity contribution is -0.274. The first-order valence-electron chi connectivity index (χ1n) is 14.6. The summed E-state index contributed by atoms with van der Waals surface area (Å²) in [6.45, 7) is 4.35. The highest BCUT2D eigenvalue weighted by molar-refractivity contribution is 6.01. The molecule has 0 radical (unpaired) electrons. The van der Waals surface area contributed by atoms with Gasteiger partial charge in [-0.1, -0.05) is 31.2 Å². The third-order valence-corrected chi connectivity index (χ3v) is 8.44. The molecule has 0 amide bonds. The number of halogens is 4. The second kappa shape index (κ2) is 11.6. The Morgan fingerprint density at radius 3 is 2.37 bits per heavy atom. The number of fused-ring (bicyclic) bond motifs is 2. The van der Waals surface area contributed by atoms with Gasteiger partial charge in [0.25, 0.3) is 0 Å². The number of likely N-dealkylation sites (tertiary alicyclic amines) is 1. The second-order valence-electron chi connectivity index (χ2n) is 11.1. The van der Waals surface area contributed by atoms with Crippen LogP contribution in [-0.4, -0.2) is 55.9 Å². The third-order valence-electron chi connectivity index (χ3n) is 8.44. The molecule has 0 spiro atoms. The Balaban J connectivity index is 1.33. The highest BCUT2D eigenvalue weighted by Gasteiger charge is 2.45. The Morgan fingerprint density at radius 2 is 1.66 bits per heavy atom. The van der Waals surface area contributed by atoms with Crippen molar-refractivity contribution in [3.63, 3.8) is 0 Å². The molecule has 0 aromatic heterocycles. The van der Waals surface area contributed by atoms with Crippen LogP contribution in [-0.2, 0) is 4.74 Å². The lowest BCUT2D eigenvalue weighted by atomic mass is 9.81. The van der Waals surface area contributed by atoms with Crippen LogP contribution >= 0.6 is 0 Å². The predicted molar refractivity (Wildman–Crippen MR) is 150 cm³/mol. The minimum Gasteiger partial charge on any atom is -0.489 e. The number of ether oxygens (including phenoxy) is 3. The normalized spacial score (nSPS) is 24.5. The summed E-state index contributed by atoms with van der Waals surface area (Å²) < 4.78 is 67.3. The number of epoxide rings is 1. The second-order valence-corrected chi connectivity index (χ2v) is 11.1. The monoisotopic (exact) mass is 569 g/mol. The molecule has 2 aromatic carbocycles. The summed E-state index contributed by atoms with van der Waals surface area (Å²) in [5, 5.41) is 0. The van der Waals surface area contributed by atoms with Crippen LogP contribution in [0, 0.1) is 0 Å². The van der Waals surface area contributed by atoms with Crippen LogP contribution in [0.5, 0.6) is 11.5 Å². The summed E-state index contributed by atoms with van der Waals surface area (Å²) in [4.78, 5) is 2.24. The van der Waals surface area contributed by atoms with E-state index in [2.05, 4.69) is 34.8 Å². The van der Waals surface area contributed by atoms with E-state index in [1.54, 1.807) is 12.1 Å². The van der Waals surface area contributed by atoms with Crippen LogP contribution in [0.1, 0.15) is 56.6 Å². The van der Waals surface area contributed by atoms with E-state index in [-0.39, 0.29) is 30.7 Å². The molecule has 2 heterocycles. The van der Waals surface area contributed by atoms with E-state index >= 15 is 0 Å². The molecule has 218 valence electrons. The number of hydrogen-bond donors (Lipinski definition) is 0. The minimum absolute atomic E-state index is 0.0749. The van der Waals surface area contributed by atoms with Gasteiger partial charge in [0.1, 0.15) is 29.8 Å². The first kappa shape index (κ1) is 28.0. The van der Waals surface area contributed by atoms with Crippen molar-refractivity contribution < 1.29 is 31.8 Å². The molecule has 2 aromatic rings. The Bertz CT molecular complexity index is 1340. The van der Waals surface area contributed by atoms with Crippen molar-refractivity contribution in [2.24, 2.45) is 0 Å². The van der Waals surface area contributed by atoms with Gasteiger partial charge in [0, 0.05) is 19.6 Å². The first-order chi connectivity index (χ1) is 19.8.